The number of carbonyl (C=O) groups is 3. The molecule has 0 atom stereocenters. The minimum atomic E-state index is -0.213. The standard InChI is InChI=1S/C28H30N4O3/c1-3-32(23-8-5-4-6-9-23)28(35)21-14-16-22(17-15-21)30-26(33)18-29-24-10-7-11-25(19(24)2)31-27(34)20-12-13-20/h4-11,14-17,20,29H,3,12-13,18H2,1-2H3,(H,30,33)(H,31,34). The van der Waals surface area contributed by atoms with Gasteiger partial charge in [0.05, 0.1) is 6.54 Å². The first-order chi connectivity index (χ1) is 17.0. The second kappa shape index (κ2) is 10.9. The highest BCUT2D eigenvalue weighted by Gasteiger charge is 2.29. The summed E-state index contributed by atoms with van der Waals surface area (Å²) in [6.45, 7) is 4.47. The van der Waals surface area contributed by atoms with Gasteiger partial charge in [-0.05, 0) is 80.8 Å². The second-order valence-electron chi connectivity index (χ2n) is 8.61. The Kier molecular flexibility index (Phi) is 7.45. The van der Waals surface area contributed by atoms with Crippen LogP contribution in [-0.2, 0) is 9.59 Å². The Hall–Kier alpha value is -4.13. The van der Waals surface area contributed by atoms with Gasteiger partial charge in [-0.3, -0.25) is 14.4 Å². The SMILES string of the molecule is CCN(C(=O)c1ccc(NC(=O)CNc2cccc(NC(=O)C3CC3)c2C)cc1)c1ccccc1. The lowest BCUT2D eigenvalue weighted by atomic mass is 10.1. The van der Waals surface area contributed by atoms with Crippen LogP contribution in [0.2, 0.25) is 0 Å². The molecular weight excluding hydrogens is 440 g/mol. The van der Waals surface area contributed by atoms with Gasteiger partial charge in [0, 0.05) is 40.8 Å². The van der Waals surface area contributed by atoms with Crippen molar-refractivity contribution >= 4 is 40.5 Å². The van der Waals surface area contributed by atoms with E-state index in [2.05, 4.69) is 16.0 Å². The summed E-state index contributed by atoms with van der Waals surface area (Å²) in [7, 11) is 0. The molecule has 7 heteroatoms. The Balaban J connectivity index is 1.33. The van der Waals surface area contributed by atoms with E-state index in [0.717, 1.165) is 35.5 Å². The van der Waals surface area contributed by atoms with Crippen LogP contribution in [0.15, 0.2) is 72.8 Å². The molecule has 0 heterocycles. The molecule has 3 N–H and O–H groups in total. The van der Waals surface area contributed by atoms with Gasteiger partial charge in [-0.1, -0.05) is 24.3 Å². The Labute approximate surface area is 205 Å². The van der Waals surface area contributed by atoms with E-state index in [4.69, 9.17) is 0 Å². The number of anilines is 4. The average Bonchev–Trinajstić information content (AvgIpc) is 3.72. The van der Waals surface area contributed by atoms with Crippen molar-refractivity contribution in [3.8, 4) is 0 Å². The molecule has 0 aromatic heterocycles. The highest BCUT2D eigenvalue weighted by atomic mass is 16.2. The van der Waals surface area contributed by atoms with Crippen LogP contribution in [0.5, 0.6) is 0 Å². The number of nitrogens with one attached hydrogen (secondary N) is 3. The molecule has 3 aromatic carbocycles. The van der Waals surface area contributed by atoms with Gasteiger partial charge in [0.1, 0.15) is 0 Å². The highest BCUT2D eigenvalue weighted by Crippen LogP contribution is 2.31. The van der Waals surface area contributed by atoms with Gasteiger partial charge in [0.15, 0.2) is 0 Å². The molecule has 1 aliphatic rings. The summed E-state index contributed by atoms with van der Waals surface area (Å²) in [5.41, 5.74) is 4.43. The molecule has 0 aliphatic heterocycles. The zero-order valence-electron chi connectivity index (χ0n) is 20.0. The average molecular weight is 471 g/mol. The van der Waals surface area contributed by atoms with Crippen LogP contribution >= 0.6 is 0 Å². The number of benzene rings is 3. The number of nitrogens with zero attached hydrogens (tertiary/aromatic N) is 1. The monoisotopic (exact) mass is 470 g/mol. The molecule has 0 spiro atoms. The van der Waals surface area contributed by atoms with Gasteiger partial charge >= 0.3 is 0 Å². The van der Waals surface area contributed by atoms with Gasteiger partial charge in [0.25, 0.3) is 5.91 Å². The zero-order valence-corrected chi connectivity index (χ0v) is 20.0. The highest BCUT2D eigenvalue weighted by molar-refractivity contribution is 6.06. The molecule has 0 radical (unpaired) electrons. The Morgan fingerprint density at radius 3 is 2.20 bits per heavy atom. The number of rotatable bonds is 9. The Morgan fingerprint density at radius 1 is 0.857 bits per heavy atom. The van der Waals surface area contributed by atoms with Crippen molar-refractivity contribution in [2.45, 2.75) is 26.7 Å². The molecule has 3 amide bonds. The van der Waals surface area contributed by atoms with E-state index < -0.39 is 0 Å². The lowest BCUT2D eigenvalue weighted by Crippen LogP contribution is -2.30. The van der Waals surface area contributed by atoms with Crippen molar-refractivity contribution in [1.29, 1.82) is 0 Å². The molecule has 3 aromatic rings. The molecule has 1 saturated carbocycles. The molecule has 0 bridgehead atoms. The number of amides is 3. The summed E-state index contributed by atoms with van der Waals surface area (Å²) >= 11 is 0. The topological polar surface area (TPSA) is 90.5 Å². The summed E-state index contributed by atoms with van der Waals surface area (Å²) in [6, 6.07) is 22.0. The Bertz CT molecular complexity index is 1200. The third-order valence-electron chi connectivity index (χ3n) is 6.02. The molecule has 1 fully saturated rings. The van der Waals surface area contributed by atoms with E-state index >= 15 is 0 Å². The Morgan fingerprint density at radius 2 is 1.54 bits per heavy atom. The number of para-hydroxylation sites is 1. The van der Waals surface area contributed by atoms with Crippen LogP contribution in [0.1, 0.15) is 35.7 Å². The first kappa shape index (κ1) is 24.0. The summed E-state index contributed by atoms with van der Waals surface area (Å²) in [5, 5.41) is 8.95. The van der Waals surface area contributed by atoms with E-state index in [-0.39, 0.29) is 30.2 Å². The van der Waals surface area contributed by atoms with E-state index in [1.165, 1.54) is 0 Å². The molecule has 0 unspecified atom stereocenters. The largest absolute Gasteiger partial charge is 0.376 e. The number of hydrogen-bond acceptors (Lipinski definition) is 4. The quantitative estimate of drug-likeness (QED) is 0.408. The van der Waals surface area contributed by atoms with E-state index in [9.17, 15) is 14.4 Å². The van der Waals surface area contributed by atoms with Gasteiger partial charge in [-0.15, -0.1) is 0 Å². The van der Waals surface area contributed by atoms with Crippen molar-refractivity contribution < 1.29 is 14.4 Å². The summed E-state index contributed by atoms with van der Waals surface area (Å²) in [4.78, 5) is 39.2. The molecule has 35 heavy (non-hydrogen) atoms. The number of carbonyl (C=O) groups excluding carboxylic acids is 3. The van der Waals surface area contributed by atoms with Crippen LogP contribution in [0.25, 0.3) is 0 Å². The maximum atomic E-state index is 12.9. The van der Waals surface area contributed by atoms with Crippen molar-refractivity contribution in [2.24, 2.45) is 5.92 Å². The van der Waals surface area contributed by atoms with Crippen LogP contribution in [0, 0.1) is 12.8 Å². The van der Waals surface area contributed by atoms with E-state index in [0.29, 0.717) is 17.8 Å². The van der Waals surface area contributed by atoms with Crippen LogP contribution in [-0.4, -0.2) is 30.8 Å². The minimum Gasteiger partial charge on any atom is -0.376 e. The molecule has 0 saturated heterocycles. The van der Waals surface area contributed by atoms with E-state index in [1.807, 2.05) is 62.4 Å². The lowest BCUT2D eigenvalue weighted by molar-refractivity contribution is -0.117. The predicted octanol–water partition coefficient (Wildman–Crippen LogP) is 5.06. The van der Waals surface area contributed by atoms with Crippen LogP contribution in [0.3, 0.4) is 0 Å². The molecule has 180 valence electrons. The van der Waals surface area contributed by atoms with Crippen molar-refractivity contribution in [2.75, 3.05) is 33.9 Å². The van der Waals surface area contributed by atoms with Crippen molar-refractivity contribution in [3.05, 3.63) is 83.9 Å². The first-order valence-electron chi connectivity index (χ1n) is 11.9. The van der Waals surface area contributed by atoms with Crippen molar-refractivity contribution in [3.63, 3.8) is 0 Å². The summed E-state index contributed by atoms with van der Waals surface area (Å²) < 4.78 is 0. The molecule has 7 nitrogen and oxygen atoms in total. The predicted molar refractivity (Wildman–Crippen MR) is 140 cm³/mol. The molecule has 4 rings (SSSR count). The second-order valence-corrected chi connectivity index (χ2v) is 8.61. The number of hydrogen-bond donors (Lipinski definition) is 3. The fourth-order valence-electron chi connectivity index (χ4n) is 3.83. The first-order valence-corrected chi connectivity index (χ1v) is 11.9. The van der Waals surface area contributed by atoms with Gasteiger partial charge in [-0.25, -0.2) is 0 Å². The fraction of sp³-hybridized carbons (Fsp3) is 0.250. The summed E-state index contributed by atoms with van der Waals surface area (Å²) in [6.07, 6.45) is 1.89. The van der Waals surface area contributed by atoms with Crippen LogP contribution in [0.4, 0.5) is 22.7 Å². The van der Waals surface area contributed by atoms with Gasteiger partial charge in [0.2, 0.25) is 11.8 Å². The third kappa shape index (κ3) is 6.06. The van der Waals surface area contributed by atoms with Crippen LogP contribution < -0.4 is 20.9 Å². The maximum Gasteiger partial charge on any atom is 0.258 e. The van der Waals surface area contributed by atoms with E-state index in [1.54, 1.807) is 29.2 Å². The zero-order chi connectivity index (χ0) is 24.8. The van der Waals surface area contributed by atoms with Crippen molar-refractivity contribution in [1.82, 2.24) is 0 Å². The smallest absolute Gasteiger partial charge is 0.258 e. The molecular formula is C28H30N4O3. The fourth-order valence-corrected chi connectivity index (χ4v) is 3.83. The summed E-state index contributed by atoms with van der Waals surface area (Å²) in [5.74, 6) is -0.129. The third-order valence-corrected chi connectivity index (χ3v) is 6.02. The molecule has 1 aliphatic carbocycles. The lowest BCUT2D eigenvalue weighted by Gasteiger charge is -2.21. The normalized spacial score (nSPS) is 12.5. The van der Waals surface area contributed by atoms with Gasteiger partial charge < -0.3 is 20.9 Å². The van der Waals surface area contributed by atoms with Gasteiger partial charge in [-0.2, -0.15) is 0 Å². The minimum absolute atomic E-state index is 0.0516. The maximum absolute atomic E-state index is 12.9.